The van der Waals surface area contributed by atoms with Crippen LogP contribution in [0.2, 0.25) is 0 Å². The number of anilines is 1. The highest BCUT2D eigenvalue weighted by atomic mass is 16.4. The second-order valence-corrected chi connectivity index (χ2v) is 7.47. The van der Waals surface area contributed by atoms with Crippen molar-refractivity contribution in [3.63, 3.8) is 0 Å². The maximum Gasteiger partial charge on any atom is 0.294 e. The third-order valence-corrected chi connectivity index (χ3v) is 5.14. The third-order valence-electron chi connectivity index (χ3n) is 5.14. The molecule has 182 valence electrons. The average Bonchev–Trinajstić information content (AvgIpc) is 3.38. The van der Waals surface area contributed by atoms with Crippen molar-refractivity contribution in [2.45, 2.75) is 26.3 Å². The number of amides is 1. The van der Waals surface area contributed by atoms with Crippen LogP contribution in [0.25, 0.3) is 11.3 Å². The summed E-state index contributed by atoms with van der Waals surface area (Å²) < 4.78 is 6.71. The molecule has 3 aromatic rings. The van der Waals surface area contributed by atoms with Gasteiger partial charge in [-0.1, -0.05) is 42.4 Å². The molecule has 4 N–H and O–H groups in total. The number of Topliss-reactive ketones (excluding diaryl/α,β-unsaturated/α-hetero) is 1. The Labute approximate surface area is 200 Å². The number of hydrogen-bond acceptors (Lipinski definition) is 10. The van der Waals surface area contributed by atoms with Gasteiger partial charge < -0.3 is 25.7 Å². The van der Waals surface area contributed by atoms with Crippen LogP contribution in [0.3, 0.4) is 0 Å². The first-order valence-electron chi connectivity index (χ1n) is 10.7. The highest BCUT2D eigenvalue weighted by Gasteiger charge is 2.23. The summed E-state index contributed by atoms with van der Waals surface area (Å²) in [5.41, 5.74) is 0.248. The maximum atomic E-state index is 12.8. The molecular formula is C23H25N7O5. The topological polar surface area (TPSA) is 176 Å². The van der Waals surface area contributed by atoms with Crippen molar-refractivity contribution in [2.75, 3.05) is 18.4 Å². The average molecular weight is 479 g/mol. The SMILES string of the molecule is CCC(C(=O)NCC(=O)c1ncc(-c2ccccc2)o1)n1ccnc(NCC(=N)/C(C)=N\O)c1=O. The largest absolute Gasteiger partial charge is 0.434 e. The van der Waals surface area contributed by atoms with E-state index < -0.39 is 23.3 Å². The highest BCUT2D eigenvalue weighted by Crippen LogP contribution is 2.19. The van der Waals surface area contributed by atoms with Crippen LogP contribution >= 0.6 is 0 Å². The summed E-state index contributed by atoms with van der Waals surface area (Å²) in [4.78, 5) is 46.1. The predicted molar refractivity (Wildman–Crippen MR) is 128 cm³/mol. The summed E-state index contributed by atoms with van der Waals surface area (Å²) in [5, 5.41) is 24.7. The summed E-state index contributed by atoms with van der Waals surface area (Å²) >= 11 is 0. The van der Waals surface area contributed by atoms with E-state index in [0.717, 1.165) is 5.56 Å². The number of nitrogens with zero attached hydrogens (tertiary/aromatic N) is 4. The van der Waals surface area contributed by atoms with E-state index in [0.29, 0.717) is 5.76 Å². The van der Waals surface area contributed by atoms with Crippen LogP contribution in [-0.2, 0) is 4.79 Å². The Morgan fingerprint density at radius 2 is 1.97 bits per heavy atom. The van der Waals surface area contributed by atoms with E-state index in [1.165, 1.54) is 30.1 Å². The van der Waals surface area contributed by atoms with Gasteiger partial charge in [0.05, 0.1) is 30.7 Å². The zero-order valence-electron chi connectivity index (χ0n) is 19.2. The second-order valence-electron chi connectivity index (χ2n) is 7.47. The van der Waals surface area contributed by atoms with Crippen molar-refractivity contribution in [1.29, 1.82) is 5.41 Å². The molecule has 0 radical (unpaired) electrons. The highest BCUT2D eigenvalue weighted by molar-refractivity contribution is 6.41. The number of carbonyl (C=O) groups is 2. The Kier molecular flexibility index (Phi) is 8.22. The van der Waals surface area contributed by atoms with Gasteiger partial charge in [0.25, 0.3) is 11.4 Å². The Balaban J connectivity index is 1.66. The Morgan fingerprint density at radius 3 is 2.66 bits per heavy atom. The molecule has 1 unspecified atom stereocenters. The van der Waals surface area contributed by atoms with Crippen molar-refractivity contribution >= 4 is 28.9 Å². The molecule has 0 aliphatic rings. The third kappa shape index (κ3) is 6.05. The molecule has 0 spiro atoms. The fourth-order valence-electron chi connectivity index (χ4n) is 3.16. The molecular weight excluding hydrogens is 454 g/mol. The molecule has 1 aromatic carbocycles. The molecule has 1 atom stereocenters. The minimum atomic E-state index is -0.900. The first-order valence-corrected chi connectivity index (χ1v) is 10.7. The molecule has 2 heterocycles. The minimum Gasteiger partial charge on any atom is -0.434 e. The molecule has 0 aliphatic heterocycles. The van der Waals surface area contributed by atoms with E-state index in [-0.39, 0.29) is 42.6 Å². The van der Waals surface area contributed by atoms with Gasteiger partial charge in [-0.15, -0.1) is 0 Å². The smallest absolute Gasteiger partial charge is 0.294 e. The number of carbonyl (C=O) groups excluding carboxylic acids is 2. The van der Waals surface area contributed by atoms with Crippen molar-refractivity contribution in [3.8, 4) is 11.3 Å². The van der Waals surface area contributed by atoms with Gasteiger partial charge in [0, 0.05) is 18.0 Å². The Bertz CT molecular complexity index is 1300. The first kappa shape index (κ1) is 25.0. The first-order chi connectivity index (χ1) is 16.8. The number of benzene rings is 1. The fraction of sp³-hybridized carbons (Fsp3) is 0.261. The van der Waals surface area contributed by atoms with E-state index in [4.69, 9.17) is 15.0 Å². The van der Waals surface area contributed by atoms with Crippen molar-refractivity contribution in [3.05, 3.63) is 65.2 Å². The van der Waals surface area contributed by atoms with Gasteiger partial charge in [0.15, 0.2) is 11.6 Å². The van der Waals surface area contributed by atoms with Crippen LogP contribution in [-0.4, -0.2) is 55.9 Å². The molecule has 0 aliphatic carbocycles. The number of oxazole rings is 1. The van der Waals surface area contributed by atoms with Crippen LogP contribution in [0.1, 0.15) is 37.0 Å². The van der Waals surface area contributed by atoms with Gasteiger partial charge >= 0.3 is 0 Å². The predicted octanol–water partition coefficient (Wildman–Crippen LogP) is 2.13. The molecule has 1 amide bonds. The molecule has 35 heavy (non-hydrogen) atoms. The standard InChI is InChI=1S/C23H25N7O5/c1-3-17(30-10-9-25-20(23(30)33)26-11-16(24)14(2)29-34)21(32)27-12-18(31)22-28-13-19(35-22)15-7-5-4-6-8-15/h4-10,13,17,24,34H,3,11-12H2,1-2H3,(H,25,26)(H,27,32)/b24-16?,29-14-. The molecule has 0 bridgehead atoms. The molecule has 12 heteroatoms. The molecule has 0 saturated carbocycles. The van der Waals surface area contributed by atoms with Gasteiger partial charge in [-0.25, -0.2) is 9.97 Å². The van der Waals surface area contributed by atoms with Crippen LogP contribution < -0.4 is 16.2 Å². The lowest BCUT2D eigenvalue weighted by molar-refractivity contribution is -0.124. The van der Waals surface area contributed by atoms with Crippen LogP contribution in [0.5, 0.6) is 0 Å². The molecule has 3 rings (SSSR count). The number of rotatable bonds is 11. The zero-order valence-corrected chi connectivity index (χ0v) is 19.2. The lowest BCUT2D eigenvalue weighted by Gasteiger charge is -2.18. The van der Waals surface area contributed by atoms with Gasteiger partial charge in [-0.2, -0.15) is 0 Å². The van der Waals surface area contributed by atoms with Gasteiger partial charge in [-0.3, -0.25) is 19.0 Å². The lowest BCUT2D eigenvalue weighted by atomic mass is 10.2. The lowest BCUT2D eigenvalue weighted by Crippen LogP contribution is -2.40. The van der Waals surface area contributed by atoms with Gasteiger partial charge in [-0.05, 0) is 13.3 Å². The molecule has 0 saturated heterocycles. The van der Waals surface area contributed by atoms with E-state index in [9.17, 15) is 14.4 Å². The summed E-state index contributed by atoms with van der Waals surface area (Å²) in [5.74, 6) is -0.818. The number of nitrogens with one attached hydrogen (secondary N) is 3. The molecule has 0 fully saturated rings. The second kappa shape index (κ2) is 11.5. The quantitative estimate of drug-likeness (QED) is 0.140. The fourth-order valence-corrected chi connectivity index (χ4v) is 3.16. The van der Waals surface area contributed by atoms with E-state index in [1.807, 2.05) is 30.3 Å². The molecule has 2 aromatic heterocycles. The maximum absolute atomic E-state index is 12.8. The van der Waals surface area contributed by atoms with Crippen molar-refractivity contribution < 1.29 is 19.2 Å². The number of oxime groups is 1. The number of aromatic nitrogens is 3. The number of hydrogen-bond donors (Lipinski definition) is 4. The van der Waals surface area contributed by atoms with E-state index >= 15 is 0 Å². The Hall–Kier alpha value is -4.61. The summed E-state index contributed by atoms with van der Waals surface area (Å²) in [6, 6.07) is 8.27. The van der Waals surface area contributed by atoms with Crippen molar-refractivity contribution in [1.82, 2.24) is 19.9 Å². The minimum absolute atomic E-state index is 0.0330. The number of ketones is 1. The monoisotopic (exact) mass is 479 g/mol. The summed E-state index contributed by atoms with van der Waals surface area (Å²) in [7, 11) is 0. The normalized spacial score (nSPS) is 12.1. The summed E-state index contributed by atoms with van der Waals surface area (Å²) in [6.45, 7) is 2.72. The van der Waals surface area contributed by atoms with E-state index in [2.05, 4.69) is 25.8 Å². The summed E-state index contributed by atoms with van der Waals surface area (Å²) in [6.07, 6.45) is 4.43. The molecule has 12 nitrogen and oxygen atoms in total. The van der Waals surface area contributed by atoms with Gasteiger partial charge in [0.1, 0.15) is 6.04 Å². The van der Waals surface area contributed by atoms with Crippen molar-refractivity contribution in [2.24, 2.45) is 5.16 Å². The Morgan fingerprint density at radius 1 is 1.23 bits per heavy atom. The van der Waals surface area contributed by atoms with Crippen LogP contribution in [0.15, 0.2) is 63.3 Å². The van der Waals surface area contributed by atoms with Gasteiger partial charge in [0.2, 0.25) is 11.7 Å². The van der Waals surface area contributed by atoms with E-state index in [1.54, 1.807) is 6.92 Å². The van der Waals surface area contributed by atoms with Crippen LogP contribution in [0.4, 0.5) is 5.82 Å². The van der Waals surface area contributed by atoms with Crippen LogP contribution in [0, 0.1) is 5.41 Å². The zero-order chi connectivity index (χ0) is 25.4.